The lowest BCUT2D eigenvalue weighted by Crippen LogP contribution is -2.41. The van der Waals surface area contributed by atoms with Crippen molar-refractivity contribution in [1.82, 2.24) is 20.9 Å². The first kappa shape index (κ1) is 21.3. The van der Waals surface area contributed by atoms with E-state index in [0.717, 1.165) is 5.76 Å². The summed E-state index contributed by atoms with van der Waals surface area (Å²) >= 11 is 0. The van der Waals surface area contributed by atoms with E-state index in [4.69, 9.17) is 9.15 Å². The Bertz CT molecular complexity index is 791. The van der Waals surface area contributed by atoms with E-state index in [0.29, 0.717) is 42.8 Å². The Morgan fingerprint density at radius 1 is 1.14 bits per heavy atom. The summed E-state index contributed by atoms with van der Waals surface area (Å²) in [5.74, 6) is 2.62. The molecule has 0 atom stereocenters. The number of hydrogen-bond donors (Lipinski definition) is 3. The Morgan fingerprint density at radius 2 is 1.82 bits per heavy atom. The molecule has 0 bridgehead atoms. The lowest BCUT2D eigenvalue weighted by atomic mass is 9.94. The first-order chi connectivity index (χ1) is 13.3. The van der Waals surface area contributed by atoms with Crippen LogP contribution in [0.4, 0.5) is 0 Å². The number of oxazole rings is 1. The topological polar surface area (TPSA) is 101 Å². The first-order valence-electron chi connectivity index (χ1n) is 9.15. The van der Waals surface area contributed by atoms with E-state index in [-0.39, 0.29) is 11.3 Å². The number of carbonyl (C=O) groups excluding carboxylic acids is 1. The smallest absolute Gasteiger partial charge is 0.251 e. The standard InChI is InChI=1S/C20H29N5O3/c1-20(2,3)16-12-24-17(28-16)13-25-19(21-4)23-11-10-22-18(26)14-6-8-15(27-5)9-7-14/h6-9,12H,10-11,13H2,1-5H3,(H,22,26)(H2,21,23,25). The van der Waals surface area contributed by atoms with Gasteiger partial charge in [-0.2, -0.15) is 0 Å². The summed E-state index contributed by atoms with van der Waals surface area (Å²) in [4.78, 5) is 20.5. The maximum Gasteiger partial charge on any atom is 0.251 e. The summed E-state index contributed by atoms with van der Waals surface area (Å²) in [6.45, 7) is 7.63. The van der Waals surface area contributed by atoms with Gasteiger partial charge in [0.1, 0.15) is 11.5 Å². The van der Waals surface area contributed by atoms with Gasteiger partial charge >= 0.3 is 0 Å². The second-order valence-electron chi connectivity index (χ2n) is 7.21. The van der Waals surface area contributed by atoms with E-state index in [1.165, 1.54) is 0 Å². The maximum absolute atomic E-state index is 12.1. The van der Waals surface area contributed by atoms with Crippen molar-refractivity contribution in [3.8, 4) is 5.75 Å². The predicted octanol–water partition coefficient (Wildman–Crippen LogP) is 2.08. The average Bonchev–Trinajstić information content (AvgIpc) is 3.17. The van der Waals surface area contributed by atoms with Gasteiger partial charge in [-0.1, -0.05) is 20.8 Å². The van der Waals surface area contributed by atoms with Crippen molar-refractivity contribution in [1.29, 1.82) is 0 Å². The van der Waals surface area contributed by atoms with E-state index >= 15 is 0 Å². The van der Waals surface area contributed by atoms with Crippen molar-refractivity contribution in [3.05, 3.63) is 47.7 Å². The summed E-state index contributed by atoms with van der Waals surface area (Å²) in [7, 11) is 3.27. The highest BCUT2D eigenvalue weighted by atomic mass is 16.5. The first-order valence-corrected chi connectivity index (χ1v) is 9.15. The predicted molar refractivity (Wildman–Crippen MR) is 109 cm³/mol. The molecule has 8 heteroatoms. The normalized spacial score (nSPS) is 11.8. The minimum atomic E-state index is -0.137. The third-order valence-electron chi connectivity index (χ3n) is 3.98. The van der Waals surface area contributed by atoms with E-state index in [1.54, 1.807) is 44.6 Å². The van der Waals surface area contributed by atoms with Crippen molar-refractivity contribution < 1.29 is 13.9 Å². The van der Waals surface area contributed by atoms with Crippen LogP contribution >= 0.6 is 0 Å². The Morgan fingerprint density at radius 3 is 2.39 bits per heavy atom. The fourth-order valence-electron chi connectivity index (χ4n) is 2.32. The van der Waals surface area contributed by atoms with Crippen LogP contribution in [0.25, 0.3) is 0 Å². The molecule has 0 unspecified atom stereocenters. The van der Waals surface area contributed by atoms with Crippen LogP contribution in [0.15, 0.2) is 39.9 Å². The third-order valence-corrected chi connectivity index (χ3v) is 3.98. The molecule has 0 radical (unpaired) electrons. The molecule has 0 aliphatic carbocycles. The quantitative estimate of drug-likeness (QED) is 0.382. The maximum atomic E-state index is 12.1. The molecule has 28 heavy (non-hydrogen) atoms. The van der Waals surface area contributed by atoms with Gasteiger partial charge in [0.25, 0.3) is 5.91 Å². The number of amides is 1. The summed E-state index contributed by atoms with van der Waals surface area (Å²) < 4.78 is 10.8. The van der Waals surface area contributed by atoms with Crippen molar-refractivity contribution in [3.63, 3.8) is 0 Å². The van der Waals surface area contributed by atoms with Crippen LogP contribution < -0.4 is 20.7 Å². The molecule has 0 aliphatic heterocycles. The summed E-state index contributed by atoms with van der Waals surface area (Å²) in [5.41, 5.74) is 0.509. The molecule has 2 aromatic rings. The fraction of sp³-hybridized carbons (Fsp3) is 0.450. The monoisotopic (exact) mass is 387 g/mol. The summed E-state index contributed by atoms with van der Waals surface area (Å²) in [6.07, 6.45) is 1.75. The fourth-order valence-corrected chi connectivity index (χ4v) is 2.32. The molecule has 0 saturated carbocycles. The molecular formula is C20H29N5O3. The number of aromatic nitrogens is 1. The largest absolute Gasteiger partial charge is 0.497 e. The molecule has 1 amide bonds. The molecule has 0 saturated heterocycles. The summed E-state index contributed by atoms with van der Waals surface area (Å²) in [5, 5.41) is 9.13. The van der Waals surface area contributed by atoms with Gasteiger partial charge in [0.15, 0.2) is 5.96 Å². The minimum Gasteiger partial charge on any atom is -0.497 e. The van der Waals surface area contributed by atoms with Crippen molar-refractivity contribution >= 4 is 11.9 Å². The van der Waals surface area contributed by atoms with Crippen LogP contribution in [0, 0.1) is 0 Å². The van der Waals surface area contributed by atoms with Gasteiger partial charge in [-0.05, 0) is 24.3 Å². The molecular weight excluding hydrogens is 358 g/mol. The Kier molecular flexibility index (Phi) is 7.43. The van der Waals surface area contributed by atoms with E-state index < -0.39 is 0 Å². The highest BCUT2D eigenvalue weighted by Gasteiger charge is 2.19. The van der Waals surface area contributed by atoms with Crippen LogP contribution in [0.5, 0.6) is 5.75 Å². The van der Waals surface area contributed by atoms with Crippen molar-refractivity contribution in [2.24, 2.45) is 4.99 Å². The van der Waals surface area contributed by atoms with Crippen molar-refractivity contribution in [2.75, 3.05) is 27.2 Å². The van der Waals surface area contributed by atoms with Crippen LogP contribution in [0.1, 0.15) is 42.8 Å². The van der Waals surface area contributed by atoms with Crippen molar-refractivity contribution in [2.45, 2.75) is 32.7 Å². The van der Waals surface area contributed by atoms with Crippen LogP contribution in [-0.2, 0) is 12.0 Å². The van der Waals surface area contributed by atoms with Gasteiger partial charge in [-0.25, -0.2) is 4.98 Å². The highest BCUT2D eigenvalue weighted by molar-refractivity contribution is 5.94. The third kappa shape index (κ3) is 6.29. The number of carbonyl (C=O) groups is 1. The lowest BCUT2D eigenvalue weighted by molar-refractivity contribution is 0.0954. The van der Waals surface area contributed by atoms with E-state index in [2.05, 4.69) is 46.7 Å². The van der Waals surface area contributed by atoms with E-state index in [9.17, 15) is 4.79 Å². The Balaban J connectivity index is 1.72. The Labute approximate surface area is 165 Å². The SMILES string of the molecule is CN=C(NCCNC(=O)c1ccc(OC)cc1)NCc1ncc(C(C)(C)C)o1. The zero-order valence-electron chi connectivity index (χ0n) is 17.1. The van der Waals surface area contributed by atoms with Gasteiger partial charge in [0.2, 0.25) is 5.89 Å². The number of ether oxygens (including phenoxy) is 1. The van der Waals surface area contributed by atoms with Gasteiger partial charge in [0, 0.05) is 31.1 Å². The highest BCUT2D eigenvalue weighted by Crippen LogP contribution is 2.22. The lowest BCUT2D eigenvalue weighted by Gasteiger charge is -2.13. The molecule has 1 heterocycles. The number of guanidine groups is 1. The number of rotatable bonds is 7. The number of aliphatic imine (C=N–C) groups is 1. The number of hydrogen-bond acceptors (Lipinski definition) is 5. The molecule has 1 aromatic carbocycles. The zero-order valence-corrected chi connectivity index (χ0v) is 17.1. The number of methoxy groups -OCH3 is 1. The second kappa shape index (κ2) is 9.77. The molecule has 1 aromatic heterocycles. The van der Waals surface area contributed by atoms with Gasteiger partial charge in [-0.3, -0.25) is 9.79 Å². The molecule has 2 rings (SSSR count). The molecule has 3 N–H and O–H groups in total. The number of benzene rings is 1. The molecule has 0 aliphatic rings. The minimum absolute atomic E-state index is 0.0761. The van der Waals surface area contributed by atoms with E-state index in [1.807, 2.05) is 0 Å². The van der Waals surface area contributed by atoms with Crippen LogP contribution in [0.2, 0.25) is 0 Å². The zero-order chi connectivity index (χ0) is 20.6. The molecule has 0 spiro atoms. The second-order valence-corrected chi connectivity index (χ2v) is 7.21. The summed E-state index contributed by atoms with van der Waals surface area (Å²) in [6, 6.07) is 6.97. The number of nitrogens with one attached hydrogen (secondary N) is 3. The van der Waals surface area contributed by atoms with Gasteiger partial charge < -0.3 is 25.1 Å². The Hall–Kier alpha value is -3.03. The van der Waals surface area contributed by atoms with Crippen LogP contribution in [-0.4, -0.2) is 44.1 Å². The molecule has 8 nitrogen and oxygen atoms in total. The molecule has 0 fully saturated rings. The average molecular weight is 387 g/mol. The molecule has 152 valence electrons. The van der Waals surface area contributed by atoms with Gasteiger partial charge in [-0.15, -0.1) is 0 Å². The number of nitrogens with zero attached hydrogens (tertiary/aromatic N) is 2. The van der Waals surface area contributed by atoms with Crippen LogP contribution in [0.3, 0.4) is 0 Å². The van der Waals surface area contributed by atoms with Gasteiger partial charge in [0.05, 0.1) is 19.9 Å².